The van der Waals surface area contributed by atoms with Crippen molar-refractivity contribution in [1.82, 2.24) is 5.32 Å². The van der Waals surface area contributed by atoms with Crippen LogP contribution in [0.15, 0.2) is 36.4 Å². The van der Waals surface area contributed by atoms with Crippen molar-refractivity contribution in [3.63, 3.8) is 0 Å². The van der Waals surface area contributed by atoms with Crippen molar-refractivity contribution >= 4 is 18.0 Å². The van der Waals surface area contributed by atoms with Crippen LogP contribution in [0.5, 0.6) is 0 Å². The number of amides is 1. The van der Waals surface area contributed by atoms with Gasteiger partial charge in [0.2, 0.25) is 5.91 Å². The van der Waals surface area contributed by atoms with Gasteiger partial charge in [-0.05, 0) is 30.4 Å². The molecule has 4 heteroatoms. The number of nitrogens with one attached hydrogen (secondary N) is 1. The minimum absolute atomic E-state index is 0.289. The van der Waals surface area contributed by atoms with Crippen molar-refractivity contribution in [3.05, 3.63) is 42.0 Å². The van der Waals surface area contributed by atoms with Gasteiger partial charge in [-0.15, -0.1) is 0 Å². The molecule has 1 N–H and O–H groups in total. The molecule has 0 saturated carbocycles. The molecule has 0 aliphatic carbocycles. The molecule has 0 radical (unpaired) electrons. The van der Waals surface area contributed by atoms with E-state index in [1.165, 1.54) is 6.08 Å². The molecule has 1 aromatic rings. The van der Waals surface area contributed by atoms with Crippen LogP contribution in [0.3, 0.4) is 0 Å². The summed E-state index contributed by atoms with van der Waals surface area (Å²) in [5, 5.41) is 2.73. The number of ether oxygens (including phenoxy) is 1. The lowest BCUT2D eigenvalue weighted by molar-refractivity contribution is -0.148. The number of hydrogen-bond donors (Lipinski definition) is 1. The number of benzene rings is 1. The zero-order valence-electron chi connectivity index (χ0n) is 13.5. The second-order valence-corrected chi connectivity index (χ2v) is 5.60. The molecule has 0 aliphatic heterocycles. The van der Waals surface area contributed by atoms with Crippen molar-refractivity contribution in [2.75, 3.05) is 6.61 Å². The Bertz CT molecular complexity index is 494. The van der Waals surface area contributed by atoms with Gasteiger partial charge in [0.15, 0.2) is 0 Å². The maximum Gasteiger partial charge on any atom is 0.328 e. The van der Waals surface area contributed by atoms with Crippen LogP contribution in [0.1, 0.15) is 39.2 Å². The van der Waals surface area contributed by atoms with Crippen LogP contribution in [0, 0.1) is 5.92 Å². The molecular weight excluding hydrogens is 278 g/mol. The van der Waals surface area contributed by atoms with Gasteiger partial charge in [-0.2, -0.15) is 0 Å². The molecule has 1 rings (SSSR count). The van der Waals surface area contributed by atoms with E-state index in [0.29, 0.717) is 13.0 Å². The van der Waals surface area contributed by atoms with Gasteiger partial charge >= 0.3 is 5.97 Å². The van der Waals surface area contributed by atoms with Crippen LogP contribution in [-0.4, -0.2) is 24.5 Å². The molecule has 0 heterocycles. The highest BCUT2D eigenvalue weighted by molar-refractivity contribution is 5.94. The van der Waals surface area contributed by atoms with Crippen LogP contribution in [-0.2, 0) is 14.3 Å². The molecule has 1 aromatic carbocycles. The van der Waals surface area contributed by atoms with E-state index in [0.717, 1.165) is 12.0 Å². The average Bonchev–Trinajstić information content (AvgIpc) is 2.50. The normalized spacial score (nSPS) is 12.4. The molecule has 4 nitrogen and oxygen atoms in total. The lowest BCUT2D eigenvalue weighted by Gasteiger charge is -2.18. The summed E-state index contributed by atoms with van der Waals surface area (Å²) in [6.07, 6.45) is 4.49. The minimum Gasteiger partial charge on any atom is -0.464 e. The fraction of sp³-hybridized carbons (Fsp3) is 0.444. The second-order valence-electron chi connectivity index (χ2n) is 5.60. The van der Waals surface area contributed by atoms with Gasteiger partial charge in [-0.3, -0.25) is 4.79 Å². The first kappa shape index (κ1) is 18.0. The van der Waals surface area contributed by atoms with Gasteiger partial charge < -0.3 is 10.1 Å². The van der Waals surface area contributed by atoms with Crippen molar-refractivity contribution in [2.24, 2.45) is 5.92 Å². The van der Waals surface area contributed by atoms with Crippen LogP contribution in [0.25, 0.3) is 6.08 Å². The average molecular weight is 303 g/mol. The van der Waals surface area contributed by atoms with E-state index in [1.54, 1.807) is 6.08 Å². The Morgan fingerprint density at radius 2 is 1.91 bits per heavy atom. The predicted molar refractivity (Wildman–Crippen MR) is 88.1 cm³/mol. The second kappa shape index (κ2) is 9.77. The maximum atomic E-state index is 12.0. The van der Waals surface area contributed by atoms with Gasteiger partial charge in [0.25, 0.3) is 0 Å². The lowest BCUT2D eigenvalue weighted by atomic mass is 10.0. The van der Waals surface area contributed by atoms with Gasteiger partial charge in [-0.25, -0.2) is 4.79 Å². The highest BCUT2D eigenvalue weighted by Crippen LogP contribution is 2.07. The molecule has 22 heavy (non-hydrogen) atoms. The zero-order valence-corrected chi connectivity index (χ0v) is 13.5. The Labute approximate surface area is 132 Å². The Kier molecular flexibility index (Phi) is 7.97. The van der Waals surface area contributed by atoms with E-state index >= 15 is 0 Å². The SMILES string of the molecule is CCCOC(=O)[C@H](CC(C)C)NC(=O)/C=C/c1ccccc1. The fourth-order valence-corrected chi connectivity index (χ4v) is 1.94. The summed E-state index contributed by atoms with van der Waals surface area (Å²) in [6.45, 7) is 6.33. The van der Waals surface area contributed by atoms with Gasteiger partial charge in [-0.1, -0.05) is 51.1 Å². The summed E-state index contributed by atoms with van der Waals surface area (Å²) >= 11 is 0. The summed E-state index contributed by atoms with van der Waals surface area (Å²) in [4.78, 5) is 24.0. The van der Waals surface area contributed by atoms with E-state index in [1.807, 2.05) is 51.1 Å². The first-order valence-corrected chi connectivity index (χ1v) is 7.73. The Hall–Kier alpha value is -2.10. The van der Waals surface area contributed by atoms with Crippen molar-refractivity contribution in [3.8, 4) is 0 Å². The molecule has 0 aromatic heterocycles. The number of rotatable bonds is 8. The predicted octanol–water partition coefficient (Wildman–Crippen LogP) is 3.18. The van der Waals surface area contributed by atoms with Crippen molar-refractivity contribution in [1.29, 1.82) is 0 Å². The third-order valence-corrected chi connectivity index (χ3v) is 2.98. The topological polar surface area (TPSA) is 55.4 Å². The third kappa shape index (κ3) is 7.07. The third-order valence-electron chi connectivity index (χ3n) is 2.98. The maximum absolute atomic E-state index is 12.0. The van der Waals surface area contributed by atoms with Crippen molar-refractivity contribution in [2.45, 2.75) is 39.7 Å². The first-order valence-electron chi connectivity index (χ1n) is 7.73. The van der Waals surface area contributed by atoms with E-state index in [9.17, 15) is 9.59 Å². The highest BCUT2D eigenvalue weighted by Gasteiger charge is 2.22. The number of hydrogen-bond acceptors (Lipinski definition) is 3. The smallest absolute Gasteiger partial charge is 0.328 e. The Morgan fingerprint density at radius 3 is 2.50 bits per heavy atom. The fourth-order valence-electron chi connectivity index (χ4n) is 1.94. The molecule has 0 aliphatic rings. The van der Waals surface area contributed by atoms with Gasteiger partial charge in [0.1, 0.15) is 6.04 Å². The van der Waals surface area contributed by atoms with Crippen LogP contribution >= 0.6 is 0 Å². The number of carbonyl (C=O) groups is 2. The first-order chi connectivity index (χ1) is 10.5. The highest BCUT2D eigenvalue weighted by atomic mass is 16.5. The van der Waals surface area contributed by atoms with Crippen molar-refractivity contribution < 1.29 is 14.3 Å². The summed E-state index contributed by atoms with van der Waals surface area (Å²) in [7, 11) is 0. The van der Waals surface area contributed by atoms with E-state index in [-0.39, 0.29) is 17.8 Å². The molecule has 1 atom stereocenters. The standard InChI is InChI=1S/C18H25NO3/c1-4-12-22-18(21)16(13-14(2)3)19-17(20)11-10-15-8-6-5-7-9-15/h5-11,14,16H,4,12-13H2,1-3H3,(H,19,20)/b11-10+/t16-/m0/s1. The summed E-state index contributed by atoms with van der Waals surface area (Å²) < 4.78 is 5.14. The minimum atomic E-state index is -0.598. The molecular formula is C18H25NO3. The molecule has 0 unspecified atom stereocenters. The van der Waals surface area contributed by atoms with E-state index in [4.69, 9.17) is 4.74 Å². The van der Waals surface area contributed by atoms with E-state index < -0.39 is 6.04 Å². The lowest BCUT2D eigenvalue weighted by Crippen LogP contribution is -2.42. The van der Waals surface area contributed by atoms with Crippen LogP contribution < -0.4 is 5.32 Å². The van der Waals surface area contributed by atoms with Crippen LogP contribution in [0.4, 0.5) is 0 Å². The molecule has 120 valence electrons. The monoisotopic (exact) mass is 303 g/mol. The largest absolute Gasteiger partial charge is 0.464 e. The van der Waals surface area contributed by atoms with Gasteiger partial charge in [0.05, 0.1) is 6.61 Å². The van der Waals surface area contributed by atoms with Gasteiger partial charge in [0, 0.05) is 6.08 Å². The number of carbonyl (C=O) groups excluding carboxylic acids is 2. The quantitative estimate of drug-likeness (QED) is 0.593. The Balaban J connectivity index is 2.62. The molecule has 0 saturated heterocycles. The zero-order chi connectivity index (χ0) is 16.4. The summed E-state index contributed by atoms with van der Waals surface area (Å²) in [5.74, 6) is -0.363. The molecule has 0 bridgehead atoms. The number of esters is 1. The Morgan fingerprint density at radius 1 is 1.23 bits per heavy atom. The summed E-state index contributed by atoms with van der Waals surface area (Å²) in [5.41, 5.74) is 0.937. The summed E-state index contributed by atoms with van der Waals surface area (Å²) in [6, 6.07) is 8.94. The van der Waals surface area contributed by atoms with E-state index in [2.05, 4.69) is 5.32 Å². The molecule has 0 fully saturated rings. The molecule has 0 spiro atoms. The molecule has 1 amide bonds. The van der Waals surface area contributed by atoms with Crippen LogP contribution in [0.2, 0.25) is 0 Å².